The first kappa shape index (κ1) is 25.4. The molecule has 1 aromatic heterocycles. The van der Waals surface area contributed by atoms with E-state index in [1.807, 2.05) is 31.3 Å². The zero-order chi connectivity index (χ0) is 21.6. The second-order valence-corrected chi connectivity index (χ2v) is 9.71. The first-order valence-corrected chi connectivity index (χ1v) is 12.2. The molecule has 1 aliphatic heterocycles. The van der Waals surface area contributed by atoms with Crippen molar-refractivity contribution in [2.24, 2.45) is 4.99 Å². The molecule has 2 aromatic rings. The highest BCUT2D eigenvalue weighted by Crippen LogP contribution is 2.18. The van der Waals surface area contributed by atoms with Gasteiger partial charge in [0.15, 0.2) is 15.8 Å². The Bertz CT molecular complexity index is 1000. The number of aromatic nitrogens is 1. The molecular weight excluding hydrogens is 525 g/mol. The summed E-state index contributed by atoms with van der Waals surface area (Å²) >= 11 is 0. The first-order chi connectivity index (χ1) is 14.4. The summed E-state index contributed by atoms with van der Waals surface area (Å²) in [4.78, 5) is 11.5. The molecule has 2 N–H and O–H groups in total. The van der Waals surface area contributed by atoms with Gasteiger partial charge in [-0.25, -0.2) is 13.4 Å². The third-order valence-corrected chi connectivity index (χ3v) is 6.53. The molecule has 0 unspecified atom stereocenters. The summed E-state index contributed by atoms with van der Waals surface area (Å²) in [6.45, 7) is 5.17. The molecule has 0 aliphatic carbocycles. The number of hydrogen-bond donors (Lipinski definition) is 2. The molecule has 0 atom stereocenters. The Morgan fingerprint density at radius 2 is 1.71 bits per heavy atom. The number of nitrogens with zero attached hydrogens (tertiary/aromatic N) is 3. The van der Waals surface area contributed by atoms with Crippen LogP contribution < -0.4 is 15.5 Å². The summed E-state index contributed by atoms with van der Waals surface area (Å²) < 4.78 is 23.5. The molecule has 0 amide bonds. The second kappa shape index (κ2) is 11.7. The van der Waals surface area contributed by atoms with Gasteiger partial charge in [-0.2, -0.15) is 0 Å². The number of guanidine groups is 1. The van der Waals surface area contributed by atoms with E-state index in [9.17, 15) is 8.42 Å². The molecule has 9 heteroatoms. The predicted octanol–water partition coefficient (Wildman–Crippen LogP) is 3.27. The largest absolute Gasteiger partial charge is 0.357 e. The van der Waals surface area contributed by atoms with E-state index in [-0.39, 0.29) is 24.0 Å². The van der Waals surface area contributed by atoms with E-state index >= 15 is 0 Å². The first-order valence-electron chi connectivity index (χ1n) is 10.3. The van der Waals surface area contributed by atoms with Gasteiger partial charge in [0.1, 0.15) is 5.82 Å². The van der Waals surface area contributed by atoms with Gasteiger partial charge in [-0.1, -0.05) is 12.1 Å². The standard InChI is InChI=1S/C22H31N5O2S.HI/c1-17-13-18(7-8-20(17)30(3,28)29)15-25-22(23-2)26-16-19-9-10-24-21(14-19)27-11-5-4-6-12-27;/h7-10,13-14H,4-6,11-12,15-16H2,1-3H3,(H2,23,25,26);1H. The van der Waals surface area contributed by atoms with Crippen LogP contribution in [0.25, 0.3) is 0 Å². The monoisotopic (exact) mass is 557 g/mol. The Labute approximate surface area is 202 Å². The number of anilines is 1. The summed E-state index contributed by atoms with van der Waals surface area (Å²) in [5.74, 6) is 1.73. The SMILES string of the molecule is CN=C(NCc1ccnc(N2CCCCC2)c1)NCc1ccc(S(C)(=O)=O)c(C)c1.I. The van der Waals surface area contributed by atoms with Gasteiger partial charge in [0.25, 0.3) is 0 Å². The van der Waals surface area contributed by atoms with Crippen LogP contribution in [0.4, 0.5) is 5.82 Å². The van der Waals surface area contributed by atoms with Gasteiger partial charge in [0.05, 0.1) is 4.90 Å². The fraction of sp³-hybridized carbons (Fsp3) is 0.455. The quantitative estimate of drug-likeness (QED) is 0.322. The van der Waals surface area contributed by atoms with Gasteiger partial charge < -0.3 is 15.5 Å². The van der Waals surface area contributed by atoms with Crippen LogP contribution >= 0.6 is 24.0 Å². The lowest BCUT2D eigenvalue weighted by Gasteiger charge is -2.28. The number of nitrogens with one attached hydrogen (secondary N) is 2. The molecule has 170 valence electrons. The van der Waals surface area contributed by atoms with Crippen LogP contribution in [-0.4, -0.2) is 45.8 Å². The number of hydrogen-bond acceptors (Lipinski definition) is 5. The average molecular weight is 558 g/mol. The van der Waals surface area contributed by atoms with Gasteiger partial charge in [-0.3, -0.25) is 4.99 Å². The van der Waals surface area contributed by atoms with Gasteiger partial charge in [0, 0.05) is 45.7 Å². The molecule has 1 fully saturated rings. The highest BCUT2D eigenvalue weighted by atomic mass is 127. The molecule has 0 saturated carbocycles. The molecule has 1 aromatic carbocycles. The van der Waals surface area contributed by atoms with E-state index in [0.717, 1.165) is 35.6 Å². The summed E-state index contributed by atoms with van der Waals surface area (Å²) in [6.07, 6.45) is 6.85. The molecule has 0 bridgehead atoms. The van der Waals surface area contributed by atoms with Crippen molar-refractivity contribution in [2.75, 3.05) is 31.3 Å². The van der Waals surface area contributed by atoms with E-state index in [1.165, 1.54) is 25.5 Å². The van der Waals surface area contributed by atoms with Gasteiger partial charge in [0.2, 0.25) is 0 Å². The van der Waals surface area contributed by atoms with Crippen LogP contribution in [0.15, 0.2) is 46.4 Å². The number of benzene rings is 1. The van der Waals surface area contributed by atoms with E-state index < -0.39 is 9.84 Å². The number of piperidine rings is 1. The molecule has 0 radical (unpaired) electrons. The van der Waals surface area contributed by atoms with E-state index in [4.69, 9.17) is 0 Å². The zero-order valence-corrected chi connectivity index (χ0v) is 21.5. The molecule has 1 aliphatic rings. The maximum absolute atomic E-state index is 11.8. The number of aryl methyl sites for hydroxylation is 1. The minimum Gasteiger partial charge on any atom is -0.357 e. The van der Waals surface area contributed by atoms with Crippen LogP contribution in [0.2, 0.25) is 0 Å². The second-order valence-electron chi connectivity index (χ2n) is 7.72. The lowest BCUT2D eigenvalue weighted by atomic mass is 10.1. The molecule has 1 saturated heterocycles. The van der Waals surface area contributed by atoms with Crippen LogP contribution in [0.5, 0.6) is 0 Å². The minimum atomic E-state index is -3.20. The maximum Gasteiger partial charge on any atom is 0.191 e. The van der Waals surface area contributed by atoms with Gasteiger partial charge >= 0.3 is 0 Å². The summed E-state index contributed by atoms with van der Waals surface area (Å²) in [5.41, 5.74) is 2.91. The Morgan fingerprint density at radius 3 is 2.29 bits per heavy atom. The van der Waals surface area contributed by atoms with E-state index in [2.05, 4.69) is 31.6 Å². The van der Waals surface area contributed by atoms with Crippen molar-refractivity contribution in [3.63, 3.8) is 0 Å². The smallest absolute Gasteiger partial charge is 0.191 e. The van der Waals surface area contributed by atoms with Crippen molar-refractivity contribution < 1.29 is 8.42 Å². The summed E-state index contributed by atoms with van der Waals surface area (Å²) in [5, 5.41) is 6.62. The lowest BCUT2D eigenvalue weighted by molar-refractivity contribution is 0.573. The number of pyridine rings is 1. The van der Waals surface area contributed by atoms with E-state index in [0.29, 0.717) is 23.9 Å². The normalized spacial score (nSPS) is 14.7. The van der Waals surface area contributed by atoms with Crippen molar-refractivity contribution >= 4 is 45.6 Å². The Balaban J connectivity index is 0.00000341. The van der Waals surface area contributed by atoms with Crippen LogP contribution in [0, 0.1) is 6.92 Å². The third-order valence-electron chi connectivity index (χ3n) is 5.27. The van der Waals surface area contributed by atoms with Crippen LogP contribution in [0.1, 0.15) is 36.0 Å². The minimum absolute atomic E-state index is 0. The molecule has 31 heavy (non-hydrogen) atoms. The molecule has 7 nitrogen and oxygen atoms in total. The Hall–Kier alpha value is -1.88. The lowest BCUT2D eigenvalue weighted by Crippen LogP contribution is -2.36. The van der Waals surface area contributed by atoms with Gasteiger partial charge in [-0.15, -0.1) is 24.0 Å². The fourth-order valence-electron chi connectivity index (χ4n) is 3.70. The summed E-state index contributed by atoms with van der Waals surface area (Å²) in [6, 6.07) is 9.54. The average Bonchev–Trinajstić information content (AvgIpc) is 2.74. The molecule has 0 spiro atoms. The number of sulfone groups is 1. The number of rotatable bonds is 6. The molecule has 2 heterocycles. The Morgan fingerprint density at radius 1 is 1.06 bits per heavy atom. The van der Waals surface area contributed by atoms with Crippen molar-refractivity contribution in [1.29, 1.82) is 0 Å². The number of aliphatic imine (C=N–C) groups is 1. The van der Waals surface area contributed by atoms with Crippen molar-refractivity contribution in [3.8, 4) is 0 Å². The fourth-order valence-corrected chi connectivity index (χ4v) is 4.66. The van der Waals surface area contributed by atoms with Crippen molar-refractivity contribution in [2.45, 2.75) is 44.2 Å². The van der Waals surface area contributed by atoms with Crippen molar-refractivity contribution in [3.05, 3.63) is 53.2 Å². The zero-order valence-electron chi connectivity index (χ0n) is 18.4. The van der Waals surface area contributed by atoms with Crippen molar-refractivity contribution in [1.82, 2.24) is 15.6 Å². The van der Waals surface area contributed by atoms with Crippen LogP contribution in [-0.2, 0) is 22.9 Å². The topological polar surface area (TPSA) is 86.7 Å². The van der Waals surface area contributed by atoms with Crippen LogP contribution in [0.3, 0.4) is 0 Å². The Kier molecular flexibility index (Phi) is 9.54. The highest BCUT2D eigenvalue weighted by molar-refractivity contribution is 14.0. The van der Waals surface area contributed by atoms with Gasteiger partial charge in [-0.05, 0) is 61.1 Å². The predicted molar refractivity (Wildman–Crippen MR) is 137 cm³/mol. The third kappa shape index (κ3) is 7.34. The van der Waals surface area contributed by atoms with E-state index in [1.54, 1.807) is 13.1 Å². The summed E-state index contributed by atoms with van der Waals surface area (Å²) in [7, 11) is -1.47. The molecule has 3 rings (SSSR count). The molecular formula is C22H32IN5O2S. The highest BCUT2D eigenvalue weighted by Gasteiger charge is 2.13. The number of halogens is 1. The maximum atomic E-state index is 11.8.